The zero-order valence-corrected chi connectivity index (χ0v) is 9.51. The lowest BCUT2D eigenvalue weighted by Gasteiger charge is -1.95. The van der Waals surface area contributed by atoms with Crippen molar-refractivity contribution < 1.29 is 17.2 Å². The number of hydrogen-bond donors (Lipinski definition) is 3. The summed E-state index contributed by atoms with van der Waals surface area (Å²) in [6, 6.07) is 0. The molecule has 0 rings (SSSR count). The molecule has 88 valence electrons. The van der Waals surface area contributed by atoms with E-state index < -0.39 is 10.4 Å². The van der Waals surface area contributed by atoms with Crippen LogP contribution >= 0.6 is 0 Å². The molecule has 0 atom stereocenters. The second-order valence-electron chi connectivity index (χ2n) is 2.33. The van der Waals surface area contributed by atoms with E-state index in [-0.39, 0.29) is 6.61 Å². The fourth-order valence-electron chi connectivity index (χ4n) is 0.553. The molecule has 0 bridgehead atoms. The third-order valence-corrected chi connectivity index (χ3v) is 1.61. The predicted octanol–water partition coefficient (Wildman–Crippen LogP) is -0.230. The van der Waals surface area contributed by atoms with E-state index in [9.17, 15) is 8.42 Å². The fraction of sp³-hybridized carbons (Fsp3) is 1.00. The maximum atomic E-state index is 9.56. The van der Waals surface area contributed by atoms with Crippen LogP contribution in [0, 0.1) is 0 Å². The Morgan fingerprint density at radius 2 is 2.00 bits per heavy atom. The van der Waals surface area contributed by atoms with E-state index in [2.05, 4.69) is 16.4 Å². The number of rotatable bonds is 6. The Morgan fingerprint density at radius 1 is 1.43 bits per heavy atom. The second-order valence-corrected chi connectivity index (χ2v) is 3.42. The molecule has 0 unspecified atom stereocenters. The lowest BCUT2D eigenvalue weighted by atomic mass is 10.4. The van der Waals surface area contributed by atoms with Crippen molar-refractivity contribution in [3.8, 4) is 0 Å². The van der Waals surface area contributed by atoms with Crippen LogP contribution in [-0.2, 0) is 14.6 Å². The predicted molar refractivity (Wildman–Crippen MR) is 55.4 cm³/mol. The molecule has 0 amide bonds. The van der Waals surface area contributed by atoms with Crippen molar-refractivity contribution in [1.82, 2.24) is 5.32 Å². The Bertz CT molecular complexity index is 190. The molecule has 0 fully saturated rings. The molecule has 0 radical (unpaired) electrons. The minimum Gasteiger partial charge on any atom is -0.330 e. The first-order valence-corrected chi connectivity index (χ1v) is 5.87. The van der Waals surface area contributed by atoms with Gasteiger partial charge >= 0.3 is 10.4 Å². The second kappa shape index (κ2) is 10.9. The summed E-state index contributed by atoms with van der Waals surface area (Å²) < 4.78 is 30.7. The van der Waals surface area contributed by atoms with E-state index in [1.54, 1.807) is 0 Å². The van der Waals surface area contributed by atoms with Crippen molar-refractivity contribution >= 4 is 10.4 Å². The number of nitrogens with two attached hydrogens (primary N) is 1. The summed E-state index contributed by atoms with van der Waals surface area (Å²) in [6.07, 6.45) is 1.09. The van der Waals surface area contributed by atoms with Crippen LogP contribution in [0.25, 0.3) is 0 Å². The van der Waals surface area contributed by atoms with Gasteiger partial charge in [0.25, 0.3) is 0 Å². The Labute approximate surface area is 85.8 Å². The molecule has 0 aromatic heterocycles. The molecule has 0 aliphatic heterocycles. The highest BCUT2D eigenvalue weighted by atomic mass is 32.3. The Balaban J connectivity index is 0. The third-order valence-electron chi connectivity index (χ3n) is 1.07. The standard InChI is InChI=1S/C5H14N2.C2H6O4S/c1-2-7-5-3-4-6;1-2-6-7(3,4)5/h7H,2-6H2,1H3;2H2,1H3,(H,3,4,5). The quantitative estimate of drug-likeness (QED) is 0.429. The minimum atomic E-state index is -4.17. The molecule has 0 aliphatic carbocycles. The van der Waals surface area contributed by atoms with Gasteiger partial charge in [-0.15, -0.1) is 0 Å². The van der Waals surface area contributed by atoms with Gasteiger partial charge in [0.15, 0.2) is 0 Å². The van der Waals surface area contributed by atoms with Crippen molar-refractivity contribution in [2.24, 2.45) is 5.73 Å². The lowest BCUT2D eigenvalue weighted by molar-refractivity contribution is 0.283. The highest BCUT2D eigenvalue weighted by molar-refractivity contribution is 7.80. The first kappa shape index (κ1) is 16.2. The highest BCUT2D eigenvalue weighted by Crippen LogP contribution is 1.81. The molecule has 6 nitrogen and oxygen atoms in total. The molecule has 7 heteroatoms. The van der Waals surface area contributed by atoms with Gasteiger partial charge in [0.1, 0.15) is 0 Å². The first-order chi connectivity index (χ1) is 6.47. The van der Waals surface area contributed by atoms with Gasteiger partial charge in [0.05, 0.1) is 6.61 Å². The molecule has 0 aromatic carbocycles. The van der Waals surface area contributed by atoms with Crippen LogP contribution in [0.4, 0.5) is 0 Å². The number of hydrogen-bond acceptors (Lipinski definition) is 5. The summed E-state index contributed by atoms with van der Waals surface area (Å²) in [5.74, 6) is 0. The average Bonchev–Trinajstić information content (AvgIpc) is 2.04. The molecule has 0 spiro atoms. The zero-order chi connectivity index (χ0) is 11.4. The van der Waals surface area contributed by atoms with Gasteiger partial charge in [-0.3, -0.25) is 4.55 Å². The minimum absolute atomic E-state index is 0.0289. The monoisotopic (exact) mass is 228 g/mol. The van der Waals surface area contributed by atoms with Crippen molar-refractivity contribution in [2.45, 2.75) is 20.3 Å². The van der Waals surface area contributed by atoms with Crippen LogP contribution in [0.1, 0.15) is 20.3 Å². The summed E-state index contributed by atoms with van der Waals surface area (Å²) in [7, 11) is -4.17. The summed E-state index contributed by atoms with van der Waals surface area (Å²) in [6.45, 7) is 6.45. The van der Waals surface area contributed by atoms with Crippen LogP contribution in [-0.4, -0.2) is 39.2 Å². The third kappa shape index (κ3) is 22.6. The van der Waals surface area contributed by atoms with E-state index in [0.29, 0.717) is 0 Å². The summed E-state index contributed by atoms with van der Waals surface area (Å²) in [5, 5.41) is 3.17. The van der Waals surface area contributed by atoms with Crippen molar-refractivity contribution in [1.29, 1.82) is 0 Å². The lowest BCUT2D eigenvalue weighted by Crippen LogP contribution is -2.17. The van der Waals surface area contributed by atoms with Crippen molar-refractivity contribution in [3.05, 3.63) is 0 Å². The van der Waals surface area contributed by atoms with Crippen LogP contribution < -0.4 is 11.1 Å². The highest BCUT2D eigenvalue weighted by Gasteiger charge is 1.98. The Kier molecular flexibility index (Phi) is 12.6. The van der Waals surface area contributed by atoms with Gasteiger partial charge in [-0.25, -0.2) is 4.18 Å². The molecule has 14 heavy (non-hydrogen) atoms. The molecular weight excluding hydrogens is 208 g/mol. The van der Waals surface area contributed by atoms with E-state index in [4.69, 9.17) is 10.3 Å². The Morgan fingerprint density at radius 3 is 2.21 bits per heavy atom. The van der Waals surface area contributed by atoms with Crippen LogP contribution in [0.3, 0.4) is 0 Å². The molecule has 0 heterocycles. The van der Waals surface area contributed by atoms with Gasteiger partial charge in [-0.2, -0.15) is 8.42 Å². The fourth-order valence-corrected chi connectivity index (χ4v) is 0.851. The molecule has 0 saturated carbocycles. The SMILES string of the molecule is CCNCCCN.CCOS(=O)(=O)O. The zero-order valence-electron chi connectivity index (χ0n) is 8.69. The average molecular weight is 228 g/mol. The summed E-state index contributed by atoms with van der Waals surface area (Å²) in [4.78, 5) is 0. The maximum Gasteiger partial charge on any atom is 0.397 e. The van der Waals surface area contributed by atoms with Gasteiger partial charge in [-0.1, -0.05) is 6.92 Å². The normalized spacial score (nSPS) is 10.6. The van der Waals surface area contributed by atoms with Gasteiger partial charge < -0.3 is 11.1 Å². The van der Waals surface area contributed by atoms with E-state index in [0.717, 1.165) is 26.1 Å². The largest absolute Gasteiger partial charge is 0.397 e. The van der Waals surface area contributed by atoms with Crippen molar-refractivity contribution in [3.63, 3.8) is 0 Å². The van der Waals surface area contributed by atoms with Crippen LogP contribution in [0.2, 0.25) is 0 Å². The van der Waals surface area contributed by atoms with Crippen molar-refractivity contribution in [2.75, 3.05) is 26.2 Å². The smallest absolute Gasteiger partial charge is 0.330 e. The summed E-state index contributed by atoms with van der Waals surface area (Å²) >= 11 is 0. The molecular formula is C7H20N2O4S. The van der Waals surface area contributed by atoms with Gasteiger partial charge in [0, 0.05) is 0 Å². The summed E-state index contributed by atoms with van der Waals surface area (Å²) in [5.41, 5.74) is 5.23. The molecule has 0 aromatic rings. The van der Waals surface area contributed by atoms with E-state index in [1.807, 2.05) is 0 Å². The first-order valence-electron chi connectivity index (χ1n) is 4.50. The maximum absolute atomic E-state index is 9.56. The van der Waals surface area contributed by atoms with Crippen LogP contribution in [0.15, 0.2) is 0 Å². The van der Waals surface area contributed by atoms with Gasteiger partial charge in [0.2, 0.25) is 0 Å². The molecule has 0 saturated heterocycles. The number of nitrogens with one attached hydrogen (secondary N) is 1. The van der Waals surface area contributed by atoms with E-state index >= 15 is 0 Å². The molecule has 4 N–H and O–H groups in total. The van der Waals surface area contributed by atoms with E-state index in [1.165, 1.54) is 6.92 Å². The van der Waals surface area contributed by atoms with Crippen LogP contribution in [0.5, 0.6) is 0 Å². The molecule has 0 aliphatic rings. The Hall–Kier alpha value is -0.210. The van der Waals surface area contributed by atoms with Gasteiger partial charge in [-0.05, 0) is 33.0 Å². The topological polar surface area (TPSA) is 102 Å².